The third-order valence-electron chi connectivity index (χ3n) is 6.31. The number of anilines is 4. The van der Waals surface area contributed by atoms with Gasteiger partial charge in [-0.2, -0.15) is 4.98 Å². The molecule has 1 aliphatic carbocycles. The van der Waals surface area contributed by atoms with Crippen molar-refractivity contribution in [3.63, 3.8) is 0 Å². The van der Waals surface area contributed by atoms with Crippen LogP contribution in [0.1, 0.15) is 48.0 Å². The van der Waals surface area contributed by atoms with Gasteiger partial charge in [-0.15, -0.1) is 0 Å². The largest absolute Gasteiger partial charge is 0.395 e. The number of rotatable bonds is 6. The standard InChI is InChI=1S/C23H30N6O3/c1-15-17(22(32)24-11-13-30)8-5-9-18(15)26-23-25-14-19-21(27-23)29(16-6-3-4-7-16)12-10-20(31)28(19)2/h5,8-9,14,16,30H,3-4,6-7,10-13H2,1-2H3,(H,24,32)(H,25,26,27). The minimum atomic E-state index is -0.240. The first-order valence-corrected chi connectivity index (χ1v) is 11.2. The smallest absolute Gasteiger partial charge is 0.251 e. The summed E-state index contributed by atoms with van der Waals surface area (Å²) in [6.45, 7) is 2.60. The van der Waals surface area contributed by atoms with Crippen LogP contribution in [0.3, 0.4) is 0 Å². The van der Waals surface area contributed by atoms with Gasteiger partial charge in [0.2, 0.25) is 11.9 Å². The Balaban J connectivity index is 1.65. The fourth-order valence-corrected chi connectivity index (χ4v) is 4.47. The minimum Gasteiger partial charge on any atom is -0.395 e. The molecule has 0 unspecified atom stereocenters. The predicted molar refractivity (Wildman–Crippen MR) is 124 cm³/mol. The molecule has 1 fully saturated rings. The Labute approximate surface area is 187 Å². The van der Waals surface area contributed by atoms with Crippen LogP contribution in [0, 0.1) is 6.92 Å². The number of benzene rings is 1. The molecule has 2 aromatic rings. The maximum absolute atomic E-state index is 12.5. The van der Waals surface area contributed by atoms with E-state index in [0.29, 0.717) is 30.5 Å². The molecule has 0 radical (unpaired) electrons. The third-order valence-corrected chi connectivity index (χ3v) is 6.31. The van der Waals surface area contributed by atoms with E-state index in [9.17, 15) is 9.59 Å². The van der Waals surface area contributed by atoms with Crippen LogP contribution in [0.2, 0.25) is 0 Å². The molecule has 0 atom stereocenters. The highest BCUT2D eigenvalue weighted by molar-refractivity contribution is 5.98. The molecule has 1 aromatic carbocycles. The second-order valence-electron chi connectivity index (χ2n) is 8.32. The quantitative estimate of drug-likeness (QED) is 0.635. The third kappa shape index (κ3) is 4.38. The first kappa shape index (κ1) is 22.0. The minimum absolute atomic E-state index is 0.0634. The van der Waals surface area contributed by atoms with Gasteiger partial charge < -0.3 is 25.5 Å². The zero-order chi connectivity index (χ0) is 22.7. The fourth-order valence-electron chi connectivity index (χ4n) is 4.47. The van der Waals surface area contributed by atoms with E-state index in [-0.39, 0.29) is 25.0 Å². The molecule has 2 amide bonds. The summed E-state index contributed by atoms with van der Waals surface area (Å²) in [4.78, 5) is 38.1. The van der Waals surface area contributed by atoms with Crippen LogP contribution in [0.25, 0.3) is 0 Å². The van der Waals surface area contributed by atoms with Crippen molar-refractivity contribution in [3.05, 3.63) is 35.5 Å². The molecule has 3 N–H and O–H groups in total. The number of carbonyl (C=O) groups is 2. The Hall–Kier alpha value is -3.20. The number of amides is 2. The number of hydrogen-bond donors (Lipinski definition) is 3. The van der Waals surface area contributed by atoms with Crippen molar-refractivity contribution in [1.82, 2.24) is 15.3 Å². The molecule has 1 aromatic heterocycles. The summed E-state index contributed by atoms with van der Waals surface area (Å²) in [5.41, 5.74) is 2.74. The van der Waals surface area contributed by atoms with Gasteiger partial charge in [-0.3, -0.25) is 9.59 Å². The van der Waals surface area contributed by atoms with Crippen LogP contribution in [0.15, 0.2) is 24.4 Å². The molecule has 2 aliphatic rings. The molecule has 9 heteroatoms. The number of aliphatic hydroxyl groups is 1. The van der Waals surface area contributed by atoms with Crippen LogP contribution < -0.4 is 20.4 Å². The number of hydrogen-bond acceptors (Lipinski definition) is 7. The Morgan fingerprint density at radius 2 is 2.06 bits per heavy atom. The SMILES string of the molecule is Cc1c(Nc2ncc3c(n2)N(C2CCCC2)CCC(=O)N3C)cccc1C(=O)NCCO. The van der Waals surface area contributed by atoms with E-state index in [1.54, 1.807) is 30.3 Å². The number of fused-ring (bicyclic) bond motifs is 1. The zero-order valence-corrected chi connectivity index (χ0v) is 18.6. The van der Waals surface area contributed by atoms with Crippen molar-refractivity contribution in [3.8, 4) is 0 Å². The first-order chi connectivity index (χ1) is 15.5. The van der Waals surface area contributed by atoms with Crippen molar-refractivity contribution < 1.29 is 14.7 Å². The van der Waals surface area contributed by atoms with E-state index in [0.717, 1.165) is 35.6 Å². The summed E-state index contributed by atoms with van der Waals surface area (Å²) < 4.78 is 0. The fraction of sp³-hybridized carbons (Fsp3) is 0.478. The summed E-state index contributed by atoms with van der Waals surface area (Å²) in [5, 5.41) is 14.9. The van der Waals surface area contributed by atoms with E-state index in [4.69, 9.17) is 10.1 Å². The van der Waals surface area contributed by atoms with Gasteiger partial charge in [0.15, 0.2) is 5.82 Å². The Morgan fingerprint density at radius 3 is 2.81 bits per heavy atom. The lowest BCUT2D eigenvalue weighted by atomic mass is 10.1. The molecular formula is C23H30N6O3. The van der Waals surface area contributed by atoms with Crippen molar-refractivity contribution in [2.45, 2.75) is 45.1 Å². The Kier molecular flexibility index (Phi) is 6.55. The van der Waals surface area contributed by atoms with Crippen molar-refractivity contribution in [2.75, 3.05) is 41.9 Å². The molecule has 32 heavy (non-hydrogen) atoms. The van der Waals surface area contributed by atoms with E-state index in [1.165, 1.54) is 12.8 Å². The normalized spacial score (nSPS) is 16.7. The highest BCUT2D eigenvalue weighted by Crippen LogP contribution is 2.36. The molecule has 170 valence electrons. The lowest BCUT2D eigenvalue weighted by Crippen LogP contribution is -2.34. The number of nitrogens with zero attached hydrogens (tertiary/aromatic N) is 4. The Morgan fingerprint density at radius 1 is 1.28 bits per heavy atom. The molecule has 0 bridgehead atoms. The highest BCUT2D eigenvalue weighted by Gasteiger charge is 2.31. The first-order valence-electron chi connectivity index (χ1n) is 11.2. The predicted octanol–water partition coefficient (Wildman–Crippen LogP) is 2.37. The van der Waals surface area contributed by atoms with Gasteiger partial charge in [0.1, 0.15) is 5.69 Å². The summed E-state index contributed by atoms with van der Waals surface area (Å²) in [5.74, 6) is 1.02. The summed E-state index contributed by atoms with van der Waals surface area (Å²) in [7, 11) is 1.77. The number of aliphatic hydroxyl groups excluding tert-OH is 1. The average Bonchev–Trinajstić information content (AvgIpc) is 3.29. The molecule has 4 rings (SSSR count). The molecule has 9 nitrogen and oxygen atoms in total. The molecule has 0 spiro atoms. The molecule has 1 aliphatic heterocycles. The van der Waals surface area contributed by atoms with Crippen molar-refractivity contribution in [1.29, 1.82) is 0 Å². The highest BCUT2D eigenvalue weighted by atomic mass is 16.3. The molecule has 2 heterocycles. The van der Waals surface area contributed by atoms with Gasteiger partial charge in [0, 0.05) is 43.9 Å². The van der Waals surface area contributed by atoms with Crippen molar-refractivity contribution >= 4 is 35.0 Å². The summed E-state index contributed by atoms with van der Waals surface area (Å²) in [6.07, 6.45) is 6.75. The Bertz CT molecular complexity index is 1010. The maximum atomic E-state index is 12.5. The molecule has 0 saturated heterocycles. The van der Waals surface area contributed by atoms with Crippen LogP contribution in [-0.4, -0.2) is 59.7 Å². The van der Waals surface area contributed by atoms with Crippen LogP contribution >= 0.6 is 0 Å². The van der Waals surface area contributed by atoms with Gasteiger partial charge in [-0.05, 0) is 37.5 Å². The lowest BCUT2D eigenvalue weighted by molar-refractivity contribution is -0.118. The van der Waals surface area contributed by atoms with Gasteiger partial charge in [0.05, 0.1) is 12.8 Å². The molecule has 1 saturated carbocycles. The van der Waals surface area contributed by atoms with E-state index < -0.39 is 0 Å². The maximum Gasteiger partial charge on any atom is 0.251 e. The number of nitrogens with one attached hydrogen (secondary N) is 2. The summed E-state index contributed by atoms with van der Waals surface area (Å²) >= 11 is 0. The lowest BCUT2D eigenvalue weighted by Gasteiger charge is -2.30. The number of aromatic nitrogens is 2. The van der Waals surface area contributed by atoms with E-state index in [2.05, 4.69) is 20.5 Å². The van der Waals surface area contributed by atoms with Crippen LogP contribution in [0.4, 0.5) is 23.1 Å². The second kappa shape index (κ2) is 9.52. The van der Waals surface area contributed by atoms with Gasteiger partial charge in [-0.25, -0.2) is 4.98 Å². The van der Waals surface area contributed by atoms with Gasteiger partial charge >= 0.3 is 0 Å². The van der Waals surface area contributed by atoms with Crippen molar-refractivity contribution in [2.24, 2.45) is 0 Å². The molecular weight excluding hydrogens is 408 g/mol. The van der Waals surface area contributed by atoms with Crippen LogP contribution in [-0.2, 0) is 4.79 Å². The van der Waals surface area contributed by atoms with Gasteiger partial charge in [0.25, 0.3) is 5.91 Å². The number of carbonyl (C=O) groups excluding carboxylic acids is 2. The monoisotopic (exact) mass is 438 g/mol. The zero-order valence-electron chi connectivity index (χ0n) is 18.6. The van der Waals surface area contributed by atoms with E-state index >= 15 is 0 Å². The topological polar surface area (TPSA) is 111 Å². The van der Waals surface area contributed by atoms with E-state index in [1.807, 2.05) is 13.0 Å². The second-order valence-corrected chi connectivity index (χ2v) is 8.32. The average molecular weight is 439 g/mol. The van der Waals surface area contributed by atoms with Crippen LogP contribution in [0.5, 0.6) is 0 Å². The van der Waals surface area contributed by atoms with Gasteiger partial charge in [-0.1, -0.05) is 18.9 Å². The summed E-state index contributed by atoms with van der Waals surface area (Å²) in [6, 6.07) is 5.80.